The van der Waals surface area contributed by atoms with Gasteiger partial charge in [-0.2, -0.15) is 0 Å². The van der Waals surface area contributed by atoms with E-state index in [2.05, 4.69) is 10.3 Å². The molecule has 3 aliphatic heterocycles. The maximum atomic E-state index is 10.7. The summed E-state index contributed by atoms with van der Waals surface area (Å²) in [6, 6.07) is 0. The van der Waals surface area contributed by atoms with E-state index >= 15 is 0 Å². The average Bonchev–Trinajstić information content (AvgIpc) is 1.48. The molecule has 0 atom stereocenters. The molecule has 3 rings (SSSR count). The first-order valence-corrected chi connectivity index (χ1v) is 9.03. The molecule has 2 bridgehead atoms. The third kappa shape index (κ3) is 2.13. The summed E-state index contributed by atoms with van der Waals surface area (Å²) in [6.45, 7) is 0. The van der Waals surface area contributed by atoms with Gasteiger partial charge in [-0.1, -0.05) is 0 Å². The summed E-state index contributed by atoms with van der Waals surface area (Å²) < 4.78 is 58.3. The third-order valence-electron chi connectivity index (χ3n) is 0.800. The number of fused-ring (bicyclic) bond motifs is 2. The molecule has 0 amide bonds. The van der Waals surface area contributed by atoms with E-state index in [0.29, 0.717) is 0 Å². The molecule has 3 heterocycles. The van der Waals surface area contributed by atoms with Gasteiger partial charge in [-0.25, -0.2) is 0 Å². The van der Waals surface area contributed by atoms with Crippen molar-refractivity contribution in [3.63, 3.8) is 0 Å². The summed E-state index contributed by atoms with van der Waals surface area (Å²) in [7, 11) is 0. The first-order valence-electron chi connectivity index (χ1n) is 2.19. The third-order valence-corrected chi connectivity index (χ3v) is 13.6. The zero-order valence-electron chi connectivity index (χ0n) is 5.61. The Labute approximate surface area is 98.7 Å². The van der Waals surface area contributed by atoms with Gasteiger partial charge < -0.3 is 0 Å². The topological polar surface area (TPSA) is 111 Å². The van der Waals surface area contributed by atoms with Gasteiger partial charge in [-0.15, -0.1) is 0 Å². The molecule has 0 radical (unpaired) electrons. The van der Waals surface area contributed by atoms with Crippen molar-refractivity contribution in [3.8, 4) is 0 Å². The molecule has 12 heteroatoms. The molecule has 3 fully saturated rings. The van der Waals surface area contributed by atoms with E-state index in [4.69, 9.17) is 0 Å². The van der Waals surface area contributed by atoms with E-state index in [9.17, 15) is 15.1 Å². The van der Waals surface area contributed by atoms with Crippen LogP contribution in [0, 0.1) is 0 Å². The Morgan fingerprint density at radius 1 is 0.833 bits per heavy atom. The molecule has 0 saturated carbocycles. The molecule has 0 aliphatic carbocycles. The Bertz CT molecular complexity index is 289. The van der Waals surface area contributed by atoms with Crippen LogP contribution in [0.5, 0.6) is 0 Å². The van der Waals surface area contributed by atoms with Gasteiger partial charge in [0.25, 0.3) is 0 Å². The van der Waals surface area contributed by atoms with Gasteiger partial charge in [0.1, 0.15) is 0 Å². The normalized spacial score (nSPS) is 56.8. The van der Waals surface area contributed by atoms with Gasteiger partial charge in [-0.05, 0) is 0 Å². The van der Waals surface area contributed by atoms with E-state index in [1.54, 1.807) is 0 Å². The molecule has 0 spiro atoms. The molecule has 0 aromatic carbocycles. The molecular formula is NaO8V3. The van der Waals surface area contributed by atoms with Crippen molar-refractivity contribution in [2.24, 2.45) is 0 Å². The van der Waals surface area contributed by atoms with Crippen molar-refractivity contribution in [2.75, 3.05) is 0 Å². The summed E-state index contributed by atoms with van der Waals surface area (Å²) in [5, 5.41) is 0. The van der Waals surface area contributed by atoms with Crippen LogP contribution < -0.4 is 33.6 Å². The number of hydrogen-bond acceptors (Lipinski definition) is 8. The Kier molecular flexibility index (Phi) is 3.23. The van der Waals surface area contributed by atoms with Crippen LogP contribution in [0.3, 0.4) is 0 Å². The van der Waals surface area contributed by atoms with E-state index < -0.39 is 45.1 Å². The fourth-order valence-corrected chi connectivity index (χ4v) is 13.7. The summed E-state index contributed by atoms with van der Waals surface area (Å²) in [6.07, 6.45) is 0. The molecule has 3 saturated heterocycles. The fraction of sp³-hybridized carbons (Fsp3) is 0. The summed E-state index contributed by atoms with van der Waals surface area (Å²) >= 11 is -14.6. The summed E-state index contributed by atoms with van der Waals surface area (Å²) in [4.78, 5) is 0. The minimum atomic E-state index is -5.30. The molecule has 0 aromatic rings. The van der Waals surface area contributed by atoms with Gasteiger partial charge in [0, 0.05) is 0 Å². The van der Waals surface area contributed by atoms with Crippen LogP contribution in [0.15, 0.2) is 0 Å². The molecule has 0 unspecified atom stereocenters. The van der Waals surface area contributed by atoms with Crippen molar-refractivity contribution in [2.45, 2.75) is 0 Å². The van der Waals surface area contributed by atoms with E-state index in [1.165, 1.54) is 0 Å². The molecule has 12 heavy (non-hydrogen) atoms. The van der Waals surface area contributed by atoms with Crippen LogP contribution in [-0.2, 0) is 66.4 Å². The van der Waals surface area contributed by atoms with Crippen LogP contribution in [0.2, 0.25) is 0 Å². The average molecular weight is 304 g/mol. The van der Waals surface area contributed by atoms with E-state index in [-0.39, 0.29) is 29.6 Å². The van der Waals surface area contributed by atoms with Crippen LogP contribution in [0.25, 0.3) is 0 Å². The van der Waals surface area contributed by atoms with Crippen LogP contribution in [0.4, 0.5) is 0 Å². The maximum absolute atomic E-state index is 10.7. The Morgan fingerprint density at radius 3 is 1.42 bits per heavy atom. The van der Waals surface area contributed by atoms with Crippen LogP contribution in [0.1, 0.15) is 0 Å². The second-order valence-electron chi connectivity index (χ2n) is 1.67. The van der Waals surface area contributed by atoms with Gasteiger partial charge in [-0.3, -0.25) is 0 Å². The zero-order valence-corrected chi connectivity index (χ0v) is 11.8. The first kappa shape index (κ1) is 12.0. The standard InChI is InChI=1S/Na.8O.3V/q+1;;;;;;;;-1;;;. The molecule has 3 aliphatic rings. The van der Waals surface area contributed by atoms with Gasteiger partial charge >= 0.3 is 100 Å². The fourth-order valence-electron chi connectivity index (χ4n) is 0.571. The van der Waals surface area contributed by atoms with Gasteiger partial charge in [0.15, 0.2) is 0 Å². The Hall–Kier alpha value is 1.95. The van der Waals surface area contributed by atoms with Crippen LogP contribution >= 0.6 is 0 Å². The second-order valence-corrected chi connectivity index (χ2v) is 11.1. The first-order chi connectivity index (χ1) is 4.83. The monoisotopic (exact) mass is 304 g/mol. The molecule has 8 nitrogen and oxygen atoms in total. The summed E-state index contributed by atoms with van der Waals surface area (Å²) in [5.74, 6) is 0. The number of rotatable bonds is 0. The summed E-state index contributed by atoms with van der Waals surface area (Å²) in [5.41, 5.74) is 0. The van der Waals surface area contributed by atoms with Crippen LogP contribution in [-0.4, -0.2) is 0 Å². The van der Waals surface area contributed by atoms with E-state index in [1.807, 2.05) is 0 Å². The van der Waals surface area contributed by atoms with Crippen molar-refractivity contribution < 1.29 is 100 Å². The molecule has 0 aromatic heterocycles. The van der Waals surface area contributed by atoms with E-state index in [0.717, 1.165) is 0 Å². The number of hydrogen-bond donors (Lipinski definition) is 0. The molecular weight excluding hydrogens is 304 g/mol. The van der Waals surface area contributed by atoms with Crippen molar-refractivity contribution >= 4 is 0 Å². The predicted octanol–water partition coefficient (Wildman–Crippen LogP) is -4.82. The minimum absolute atomic E-state index is 0. The SMILES string of the molecule is [Na+].[O]=[V]1([O-])[O][V]2(=[O])[O][V](=[O])([O]1)[O]2. The van der Waals surface area contributed by atoms with Crippen molar-refractivity contribution in [1.82, 2.24) is 0 Å². The quantitative estimate of drug-likeness (QED) is 0.410. The predicted molar refractivity (Wildman–Crippen MR) is 6.40 cm³/mol. The zero-order chi connectivity index (χ0) is 8.33. The Balaban J connectivity index is 0.000000720. The van der Waals surface area contributed by atoms with Crippen molar-refractivity contribution in [1.29, 1.82) is 0 Å². The Morgan fingerprint density at radius 2 is 1.17 bits per heavy atom. The second kappa shape index (κ2) is 3.23. The van der Waals surface area contributed by atoms with Gasteiger partial charge in [0.2, 0.25) is 0 Å². The molecule has 64 valence electrons. The van der Waals surface area contributed by atoms with Gasteiger partial charge in [0.05, 0.1) is 0 Å². The van der Waals surface area contributed by atoms with Crippen molar-refractivity contribution in [3.05, 3.63) is 0 Å². The molecule has 0 N–H and O–H groups in total.